The first-order valence-electron chi connectivity index (χ1n) is 9.51. The summed E-state index contributed by atoms with van der Waals surface area (Å²) in [5, 5.41) is 0. The van der Waals surface area contributed by atoms with Gasteiger partial charge in [0.25, 0.3) is 0 Å². The average Bonchev–Trinajstić information content (AvgIpc) is 3.12. The molecule has 0 spiro atoms. The third-order valence-corrected chi connectivity index (χ3v) is 5.70. The molecule has 1 aromatic carbocycles. The summed E-state index contributed by atoms with van der Waals surface area (Å²) in [6, 6.07) is 7.46. The summed E-state index contributed by atoms with van der Waals surface area (Å²) in [5.41, 5.74) is 2.33. The number of fused-ring (bicyclic) bond motifs is 1. The standard InChI is InChI=1S/C20H22N4O3/c1-13-10-21-19(14-6-7-14)24(13)15-8-9-22(11-15)18(25)12-23-16-4-2-3-5-17(16)27-20(23)26/h2-5,10,14-15H,6-9,11-12H2,1H3. The first-order valence-corrected chi connectivity index (χ1v) is 9.51. The minimum Gasteiger partial charge on any atom is -0.408 e. The molecule has 27 heavy (non-hydrogen) atoms. The van der Waals surface area contributed by atoms with Crippen molar-refractivity contribution in [3.8, 4) is 0 Å². The van der Waals surface area contributed by atoms with Crippen LogP contribution in [0.2, 0.25) is 0 Å². The van der Waals surface area contributed by atoms with Crippen LogP contribution >= 0.6 is 0 Å². The topological polar surface area (TPSA) is 73.3 Å². The summed E-state index contributed by atoms with van der Waals surface area (Å²) in [6.07, 6.45) is 5.28. The molecular weight excluding hydrogens is 344 g/mol. The molecule has 1 saturated heterocycles. The maximum absolute atomic E-state index is 12.8. The third-order valence-electron chi connectivity index (χ3n) is 5.70. The van der Waals surface area contributed by atoms with E-state index < -0.39 is 5.76 Å². The first-order chi connectivity index (χ1) is 13.1. The number of rotatable bonds is 4. The fraction of sp³-hybridized carbons (Fsp3) is 0.450. The van der Waals surface area contributed by atoms with Crippen molar-refractivity contribution in [3.05, 3.63) is 52.5 Å². The van der Waals surface area contributed by atoms with Crippen LogP contribution in [0.15, 0.2) is 39.7 Å². The van der Waals surface area contributed by atoms with Crippen molar-refractivity contribution in [1.29, 1.82) is 0 Å². The van der Waals surface area contributed by atoms with Crippen LogP contribution in [0.3, 0.4) is 0 Å². The molecule has 1 aliphatic heterocycles. The Bertz CT molecular complexity index is 1070. The van der Waals surface area contributed by atoms with Gasteiger partial charge >= 0.3 is 5.76 Å². The lowest BCUT2D eigenvalue weighted by molar-refractivity contribution is -0.130. The molecule has 0 bridgehead atoms. The predicted molar refractivity (Wildman–Crippen MR) is 99.6 cm³/mol. The predicted octanol–water partition coefficient (Wildman–Crippen LogP) is 2.45. The van der Waals surface area contributed by atoms with Gasteiger partial charge in [0.1, 0.15) is 12.4 Å². The number of likely N-dealkylation sites (tertiary alicyclic amines) is 1. The Morgan fingerprint density at radius 3 is 2.89 bits per heavy atom. The van der Waals surface area contributed by atoms with Crippen molar-refractivity contribution >= 4 is 17.0 Å². The lowest BCUT2D eigenvalue weighted by Gasteiger charge is -2.19. The van der Waals surface area contributed by atoms with Crippen LogP contribution in [0.25, 0.3) is 11.1 Å². The van der Waals surface area contributed by atoms with Gasteiger partial charge in [-0.05, 0) is 38.3 Å². The Labute approximate surface area is 156 Å². The van der Waals surface area contributed by atoms with E-state index in [9.17, 15) is 9.59 Å². The summed E-state index contributed by atoms with van der Waals surface area (Å²) in [4.78, 5) is 31.4. The number of amides is 1. The average molecular weight is 366 g/mol. The number of para-hydroxylation sites is 2. The molecule has 140 valence electrons. The van der Waals surface area contributed by atoms with E-state index in [2.05, 4.69) is 16.5 Å². The van der Waals surface area contributed by atoms with Gasteiger partial charge in [0.15, 0.2) is 5.58 Å². The maximum Gasteiger partial charge on any atom is 0.420 e. The number of aromatic nitrogens is 3. The third kappa shape index (κ3) is 2.78. The summed E-state index contributed by atoms with van der Waals surface area (Å²) >= 11 is 0. The molecule has 1 amide bonds. The first kappa shape index (κ1) is 16.4. The normalized spacial score (nSPS) is 19.9. The van der Waals surface area contributed by atoms with Gasteiger partial charge in [-0.3, -0.25) is 9.36 Å². The van der Waals surface area contributed by atoms with Gasteiger partial charge in [0.2, 0.25) is 5.91 Å². The molecule has 7 heteroatoms. The van der Waals surface area contributed by atoms with Crippen molar-refractivity contribution in [2.24, 2.45) is 0 Å². The Kier molecular flexibility index (Phi) is 3.70. The van der Waals surface area contributed by atoms with Crippen molar-refractivity contribution in [1.82, 2.24) is 19.0 Å². The maximum atomic E-state index is 12.8. The van der Waals surface area contributed by atoms with E-state index in [0.717, 1.165) is 12.1 Å². The molecule has 5 rings (SSSR count). The number of hydrogen-bond donors (Lipinski definition) is 0. The van der Waals surface area contributed by atoms with Crippen LogP contribution in [0.5, 0.6) is 0 Å². The number of aryl methyl sites for hydroxylation is 1. The number of carbonyl (C=O) groups is 1. The van der Waals surface area contributed by atoms with Gasteiger partial charge in [-0.15, -0.1) is 0 Å². The minimum absolute atomic E-state index is 0.0148. The molecule has 2 fully saturated rings. The summed E-state index contributed by atoms with van der Waals surface area (Å²) in [7, 11) is 0. The number of imidazole rings is 1. The molecule has 2 aliphatic rings. The number of oxazole rings is 1. The van der Waals surface area contributed by atoms with Crippen LogP contribution in [0.4, 0.5) is 0 Å². The lowest BCUT2D eigenvalue weighted by Crippen LogP contribution is -2.34. The lowest BCUT2D eigenvalue weighted by atomic mass is 10.2. The second-order valence-corrected chi connectivity index (χ2v) is 7.61. The molecular formula is C20H22N4O3. The van der Waals surface area contributed by atoms with E-state index in [-0.39, 0.29) is 18.5 Å². The number of hydrogen-bond acceptors (Lipinski definition) is 4. The van der Waals surface area contributed by atoms with E-state index in [0.29, 0.717) is 30.1 Å². The molecule has 2 aromatic heterocycles. The number of nitrogens with zero attached hydrogens (tertiary/aromatic N) is 4. The van der Waals surface area contributed by atoms with Crippen molar-refractivity contribution in [3.63, 3.8) is 0 Å². The van der Waals surface area contributed by atoms with E-state index >= 15 is 0 Å². The Morgan fingerprint density at radius 1 is 1.26 bits per heavy atom. The van der Waals surface area contributed by atoms with Crippen LogP contribution in [-0.4, -0.2) is 38.0 Å². The SMILES string of the molecule is Cc1cnc(C2CC2)n1C1CCN(C(=O)Cn2c(=O)oc3ccccc32)C1. The van der Waals surface area contributed by atoms with Gasteiger partial charge < -0.3 is 13.9 Å². The molecule has 3 aromatic rings. The highest BCUT2D eigenvalue weighted by Gasteiger charge is 2.34. The molecule has 1 aliphatic carbocycles. The van der Waals surface area contributed by atoms with Gasteiger partial charge in [-0.25, -0.2) is 9.78 Å². The van der Waals surface area contributed by atoms with Gasteiger partial charge in [-0.1, -0.05) is 12.1 Å². The molecule has 3 heterocycles. The Hall–Kier alpha value is -2.83. The van der Waals surface area contributed by atoms with Gasteiger partial charge in [-0.2, -0.15) is 0 Å². The summed E-state index contributed by atoms with van der Waals surface area (Å²) in [5.74, 6) is 1.22. The second-order valence-electron chi connectivity index (χ2n) is 7.61. The Balaban J connectivity index is 1.34. The number of benzene rings is 1. The molecule has 0 N–H and O–H groups in total. The van der Waals surface area contributed by atoms with Crippen LogP contribution < -0.4 is 5.76 Å². The molecule has 0 radical (unpaired) electrons. The fourth-order valence-corrected chi connectivity index (χ4v) is 4.16. The zero-order valence-corrected chi connectivity index (χ0v) is 15.3. The van der Waals surface area contributed by atoms with Crippen molar-refractivity contribution in [2.75, 3.05) is 13.1 Å². The minimum atomic E-state index is -0.484. The highest BCUT2D eigenvalue weighted by atomic mass is 16.4. The number of carbonyl (C=O) groups excluding carboxylic acids is 1. The van der Waals surface area contributed by atoms with E-state index in [1.54, 1.807) is 12.1 Å². The van der Waals surface area contributed by atoms with E-state index in [1.165, 1.54) is 23.2 Å². The van der Waals surface area contributed by atoms with Crippen molar-refractivity contribution < 1.29 is 9.21 Å². The van der Waals surface area contributed by atoms with Gasteiger partial charge in [0.05, 0.1) is 11.6 Å². The molecule has 7 nitrogen and oxygen atoms in total. The van der Waals surface area contributed by atoms with Crippen molar-refractivity contribution in [2.45, 2.75) is 44.7 Å². The van der Waals surface area contributed by atoms with Crippen LogP contribution in [0, 0.1) is 6.92 Å². The van der Waals surface area contributed by atoms with Crippen LogP contribution in [0.1, 0.15) is 42.7 Å². The van der Waals surface area contributed by atoms with E-state index in [1.807, 2.05) is 23.2 Å². The van der Waals surface area contributed by atoms with E-state index in [4.69, 9.17) is 4.42 Å². The zero-order chi connectivity index (χ0) is 18.5. The highest BCUT2D eigenvalue weighted by molar-refractivity contribution is 5.79. The largest absolute Gasteiger partial charge is 0.420 e. The van der Waals surface area contributed by atoms with Gasteiger partial charge in [0, 0.05) is 30.9 Å². The summed E-state index contributed by atoms with van der Waals surface area (Å²) < 4.78 is 8.98. The molecule has 1 atom stereocenters. The monoisotopic (exact) mass is 366 g/mol. The fourth-order valence-electron chi connectivity index (χ4n) is 4.16. The zero-order valence-electron chi connectivity index (χ0n) is 15.3. The Morgan fingerprint density at radius 2 is 2.07 bits per heavy atom. The second kappa shape index (κ2) is 6.11. The molecule has 1 unspecified atom stereocenters. The molecule has 1 saturated carbocycles. The van der Waals surface area contributed by atoms with Crippen LogP contribution in [-0.2, 0) is 11.3 Å². The highest BCUT2D eigenvalue weighted by Crippen LogP contribution is 2.41. The summed E-state index contributed by atoms with van der Waals surface area (Å²) in [6.45, 7) is 3.47. The smallest absolute Gasteiger partial charge is 0.408 e. The quantitative estimate of drug-likeness (QED) is 0.711.